The van der Waals surface area contributed by atoms with E-state index in [-0.39, 0.29) is 0 Å². The average molecular weight is 592 g/mol. The van der Waals surface area contributed by atoms with Crippen molar-refractivity contribution in [3.05, 3.63) is 68.4 Å². The zero-order valence-electron chi connectivity index (χ0n) is 21.2. The van der Waals surface area contributed by atoms with Gasteiger partial charge in [0.15, 0.2) is 0 Å². The Morgan fingerprint density at radius 1 is 1.17 bits per heavy atom. The van der Waals surface area contributed by atoms with Crippen molar-refractivity contribution < 1.29 is 9.47 Å². The van der Waals surface area contributed by atoms with Gasteiger partial charge in [0.1, 0.15) is 16.5 Å². The molecule has 1 saturated heterocycles. The quantitative estimate of drug-likeness (QED) is 0.357. The highest BCUT2D eigenvalue weighted by Crippen LogP contribution is 2.39. The van der Waals surface area contributed by atoms with Gasteiger partial charge in [-0.05, 0) is 47.7 Å². The van der Waals surface area contributed by atoms with E-state index in [1.807, 2.05) is 56.7 Å². The number of thioether (sulfide) groups is 1. The van der Waals surface area contributed by atoms with Crippen molar-refractivity contribution in [3.63, 3.8) is 0 Å². The number of hydrogen-bond acceptors (Lipinski definition) is 7. The molecule has 0 saturated carbocycles. The molecule has 0 aliphatic carbocycles. The molecule has 9 heteroatoms. The molecule has 2 aliphatic heterocycles. The first-order valence-corrected chi connectivity index (χ1v) is 14.4. The minimum Gasteiger partial charge on any atom is -0.492 e. The van der Waals surface area contributed by atoms with Crippen LogP contribution in [-0.2, 0) is 4.74 Å². The number of nitrogens with zero attached hydrogens (tertiary/aromatic N) is 4. The number of aliphatic imine (C=N–C) groups is 2. The summed E-state index contributed by atoms with van der Waals surface area (Å²) in [6, 6.07) is 11.9. The lowest BCUT2D eigenvalue weighted by Crippen LogP contribution is -2.37. The van der Waals surface area contributed by atoms with Crippen LogP contribution >= 0.6 is 39.3 Å². The summed E-state index contributed by atoms with van der Waals surface area (Å²) < 4.78 is 12.5. The molecule has 0 bridgehead atoms. The first-order valence-electron chi connectivity index (χ1n) is 12.0. The maximum absolute atomic E-state index is 6.66. The predicted molar refractivity (Wildman–Crippen MR) is 156 cm³/mol. The summed E-state index contributed by atoms with van der Waals surface area (Å²) in [6.45, 7) is 7.29. The Bertz CT molecular complexity index is 1190. The molecule has 192 valence electrons. The molecule has 6 nitrogen and oxygen atoms in total. The first kappa shape index (κ1) is 27.2. The molecule has 0 aromatic heterocycles. The normalized spacial score (nSPS) is 17.6. The fraction of sp³-hybridized carbons (Fsp3) is 0.407. The molecule has 0 N–H and O–H groups in total. The zero-order chi connectivity index (χ0) is 25.7. The van der Waals surface area contributed by atoms with Crippen molar-refractivity contribution in [3.8, 4) is 5.75 Å². The van der Waals surface area contributed by atoms with Gasteiger partial charge in [-0.2, -0.15) is 0 Å². The van der Waals surface area contributed by atoms with Crippen molar-refractivity contribution in [1.29, 1.82) is 0 Å². The average Bonchev–Trinajstić information content (AvgIpc) is 3.03. The van der Waals surface area contributed by atoms with Gasteiger partial charge in [0.05, 0.1) is 35.7 Å². The van der Waals surface area contributed by atoms with Crippen molar-refractivity contribution in [2.75, 3.05) is 59.8 Å². The molecule has 2 aromatic carbocycles. The second kappa shape index (κ2) is 12.6. The van der Waals surface area contributed by atoms with Crippen LogP contribution in [0.1, 0.15) is 24.5 Å². The molecule has 2 aromatic rings. The van der Waals surface area contributed by atoms with E-state index in [0.717, 1.165) is 88.5 Å². The van der Waals surface area contributed by atoms with Gasteiger partial charge in [-0.25, -0.2) is 9.98 Å². The summed E-state index contributed by atoms with van der Waals surface area (Å²) in [5.74, 6) is 0.773. The zero-order valence-corrected chi connectivity index (χ0v) is 24.3. The van der Waals surface area contributed by atoms with Crippen LogP contribution in [0.5, 0.6) is 5.75 Å². The van der Waals surface area contributed by atoms with Gasteiger partial charge in [0, 0.05) is 61.6 Å². The van der Waals surface area contributed by atoms with Gasteiger partial charge in [-0.15, -0.1) is 11.8 Å². The molecule has 1 fully saturated rings. The molecule has 0 spiro atoms. The molecule has 0 atom stereocenters. The number of fused-ring (bicyclic) bond motifs is 1. The van der Waals surface area contributed by atoms with Gasteiger partial charge in [0.2, 0.25) is 0 Å². The van der Waals surface area contributed by atoms with Crippen molar-refractivity contribution in [1.82, 2.24) is 9.80 Å². The predicted octanol–water partition coefficient (Wildman–Crippen LogP) is 6.24. The van der Waals surface area contributed by atoms with Gasteiger partial charge in [-0.3, -0.25) is 4.90 Å². The summed E-state index contributed by atoms with van der Waals surface area (Å²) in [4.78, 5) is 14.7. The first-order chi connectivity index (χ1) is 17.4. The van der Waals surface area contributed by atoms with E-state index in [1.54, 1.807) is 11.8 Å². The van der Waals surface area contributed by atoms with Crippen LogP contribution in [-0.4, -0.2) is 80.4 Å². The minimum atomic E-state index is 0.629. The third-order valence-corrected chi connectivity index (χ3v) is 7.89. The van der Waals surface area contributed by atoms with Crippen molar-refractivity contribution in [2.24, 2.45) is 9.98 Å². The van der Waals surface area contributed by atoms with Crippen LogP contribution in [0.4, 0.5) is 5.69 Å². The van der Waals surface area contributed by atoms with Gasteiger partial charge in [0.25, 0.3) is 0 Å². The lowest BCUT2D eigenvalue weighted by Gasteiger charge is -2.26. The van der Waals surface area contributed by atoms with E-state index >= 15 is 0 Å². The van der Waals surface area contributed by atoms with E-state index in [0.29, 0.717) is 11.6 Å². The molecule has 0 radical (unpaired) electrons. The fourth-order valence-corrected chi connectivity index (χ4v) is 5.32. The summed E-state index contributed by atoms with van der Waals surface area (Å²) in [5, 5.41) is 1.50. The molecule has 2 heterocycles. The van der Waals surface area contributed by atoms with Crippen LogP contribution in [0.3, 0.4) is 0 Å². The third-order valence-electron chi connectivity index (χ3n) is 6.27. The maximum Gasteiger partial charge on any atom is 0.135 e. The summed E-state index contributed by atoms with van der Waals surface area (Å²) in [7, 11) is 4.03. The van der Waals surface area contributed by atoms with Crippen molar-refractivity contribution in [2.45, 2.75) is 13.3 Å². The number of benzene rings is 2. The highest BCUT2D eigenvalue weighted by atomic mass is 79.9. The topological polar surface area (TPSA) is 49.7 Å². The van der Waals surface area contributed by atoms with Crippen LogP contribution in [0.25, 0.3) is 0 Å². The Morgan fingerprint density at radius 2 is 1.92 bits per heavy atom. The van der Waals surface area contributed by atoms with Crippen LogP contribution < -0.4 is 4.74 Å². The fourth-order valence-electron chi connectivity index (χ4n) is 4.06. The van der Waals surface area contributed by atoms with Gasteiger partial charge >= 0.3 is 0 Å². The Morgan fingerprint density at radius 3 is 2.61 bits per heavy atom. The summed E-state index contributed by atoms with van der Waals surface area (Å²) in [5.41, 5.74) is 5.24. The Hall–Kier alpha value is -1.84. The van der Waals surface area contributed by atoms with Gasteiger partial charge in [-0.1, -0.05) is 29.8 Å². The Kier molecular flexibility index (Phi) is 9.52. The van der Waals surface area contributed by atoms with E-state index in [4.69, 9.17) is 31.1 Å². The number of hydrogen-bond donors (Lipinski definition) is 0. The highest BCUT2D eigenvalue weighted by Gasteiger charge is 2.24. The minimum absolute atomic E-state index is 0.629. The Labute approximate surface area is 231 Å². The van der Waals surface area contributed by atoms with Crippen LogP contribution in [0.2, 0.25) is 5.02 Å². The van der Waals surface area contributed by atoms with Crippen molar-refractivity contribution >= 4 is 55.7 Å². The molecule has 2 aliphatic rings. The Balaban J connectivity index is 1.71. The monoisotopic (exact) mass is 590 g/mol. The van der Waals surface area contributed by atoms with E-state index < -0.39 is 0 Å². The highest BCUT2D eigenvalue weighted by molar-refractivity contribution is 9.10. The standard InChI is InChI=1S/C27H32BrClN4O2S/c1-18(32(2)3)25-27(36-4)30-23-17-24(35-13-7-10-33-11-14-34-15-12-33)21(28)16-20(23)26(31-25)19-8-5-6-9-22(19)29/h5-6,8-9,16-17H,7,10-15H2,1-4H3/b25-18-. The molecular formula is C27H32BrClN4O2S. The maximum atomic E-state index is 6.66. The van der Waals surface area contributed by atoms with E-state index in [2.05, 4.69) is 32.7 Å². The number of allylic oxidation sites excluding steroid dienone is 1. The SMILES string of the molecule is CSC1=Nc2cc(OCCCN3CCOCC3)c(Br)cc2C(c2ccccc2Cl)=N/C1=C(/C)N(C)C. The largest absolute Gasteiger partial charge is 0.492 e. The second-order valence-corrected chi connectivity index (χ2v) is 10.9. The number of ether oxygens (including phenoxy) is 2. The van der Waals surface area contributed by atoms with Crippen LogP contribution in [0, 0.1) is 0 Å². The molecule has 4 rings (SSSR count). The smallest absolute Gasteiger partial charge is 0.135 e. The molecular weight excluding hydrogens is 560 g/mol. The summed E-state index contributed by atoms with van der Waals surface area (Å²) in [6.07, 6.45) is 2.98. The number of halogens is 2. The third kappa shape index (κ3) is 6.34. The number of rotatable bonds is 7. The summed E-state index contributed by atoms with van der Waals surface area (Å²) >= 11 is 12.0. The van der Waals surface area contributed by atoms with Crippen LogP contribution in [0.15, 0.2) is 62.2 Å². The molecule has 0 amide bonds. The second-order valence-electron chi connectivity index (χ2n) is 8.85. The number of morpholine rings is 1. The lowest BCUT2D eigenvalue weighted by molar-refractivity contribution is 0.0358. The molecule has 36 heavy (non-hydrogen) atoms. The molecule has 0 unspecified atom stereocenters. The lowest BCUT2D eigenvalue weighted by atomic mass is 10.0. The van der Waals surface area contributed by atoms with E-state index in [1.165, 1.54) is 0 Å². The van der Waals surface area contributed by atoms with E-state index in [9.17, 15) is 0 Å². The van der Waals surface area contributed by atoms with Gasteiger partial charge < -0.3 is 14.4 Å².